The molecule has 2 unspecified atom stereocenters. The first-order chi connectivity index (χ1) is 8.71. The third-order valence-corrected chi connectivity index (χ3v) is 6.10. The summed E-state index contributed by atoms with van der Waals surface area (Å²) in [5, 5.41) is 10.00. The number of carbonyl (C=O) groups is 1. The summed E-state index contributed by atoms with van der Waals surface area (Å²) in [4.78, 5) is 14.3. The van der Waals surface area contributed by atoms with E-state index in [2.05, 4.69) is 4.90 Å². The second-order valence-electron chi connectivity index (χ2n) is 6.15. The first-order valence-electron chi connectivity index (χ1n) is 7.27. The normalized spacial score (nSPS) is 36.3. The maximum absolute atomic E-state index is 12.2. The van der Waals surface area contributed by atoms with Crippen molar-refractivity contribution in [2.45, 2.75) is 57.1 Å². The van der Waals surface area contributed by atoms with Crippen molar-refractivity contribution in [1.82, 2.24) is 4.90 Å². The van der Waals surface area contributed by atoms with Gasteiger partial charge in [-0.15, -0.1) is 0 Å². The van der Waals surface area contributed by atoms with Crippen LogP contribution >= 0.6 is 11.8 Å². The summed E-state index contributed by atoms with van der Waals surface area (Å²) in [7, 11) is 0. The minimum absolute atomic E-state index is 0.191. The van der Waals surface area contributed by atoms with Gasteiger partial charge in [0.15, 0.2) is 0 Å². The Kier molecular flexibility index (Phi) is 3.59. The topological polar surface area (TPSA) is 40.5 Å². The van der Waals surface area contributed by atoms with E-state index in [1.165, 1.54) is 25.7 Å². The molecule has 4 heteroatoms. The van der Waals surface area contributed by atoms with Crippen LogP contribution in [0.5, 0.6) is 0 Å². The fourth-order valence-corrected chi connectivity index (χ4v) is 5.04. The van der Waals surface area contributed by atoms with Gasteiger partial charge < -0.3 is 10.0 Å². The number of amides is 1. The molecule has 0 aromatic carbocycles. The Morgan fingerprint density at radius 2 is 2.06 bits per heavy atom. The van der Waals surface area contributed by atoms with E-state index < -0.39 is 0 Å². The van der Waals surface area contributed by atoms with Gasteiger partial charge in [0, 0.05) is 18.3 Å². The fourth-order valence-electron chi connectivity index (χ4n) is 4.23. The number of carbonyl (C=O) groups excluding carboxylic acids is 1. The monoisotopic (exact) mass is 269 g/mol. The van der Waals surface area contributed by atoms with Crippen LogP contribution in [0.3, 0.4) is 0 Å². The van der Waals surface area contributed by atoms with E-state index >= 15 is 0 Å². The number of nitrogens with zero attached hydrogens (tertiary/aromatic N) is 1. The van der Waals surface area contributed by atoms with Crippen molar-refractivity contribution in [3.05, 3.63) is 0 Å². The zero-order valence-corrected chi connectivity index (χ0v) is 11.8. The average Bonchev–Trinajstić information content (AvgIpc) is 2.83. The molecule has 3 aliphatic rings. The van der Waals surface area contributed by atoms with Crippen LogP contribution in [0.2, 0.25) is 0 Å². The number of thioether (sulfide) groups is 1. The molecule has 2 atom stereocenters. The van der Waals surface area contributed by atoms with Crippen molar-refractivity contribution in [1.29, 1.82) is 0 Å². The molecule has 0 radical (unpaired) electrons. The predicted molar refractivity (Wildman–Crippen MR) is 73.6 cm³/mol. The molecule has 0 aromatic heterocycles. The highest BCUT2D eigenvalue weighted by molar-refractivity contribution is 8.00. The van der Waals surface area contributed by atoms with Crippen LogP contribution in [0.15, 0.2) is 0 Å². The number of rotatable bonds is 1. The highest BCUT2D eigenvalue weighted by Gasteiger charge is 2.48. The molecule has 0 aromatic rings. The molecule has 1 N–H and O–H groups in total. The van der Waals surface area contributed by atoms with E-state index in [-0.39, 0.29) is 6.10 Å². The highest BCUT2D eigenvalue weighted by atomic mass is 32.2. The molecular weight excluding hydrogens is 246 g/mol. The molecule has 102 valence electrons. The molecule has 0 bridgehead atoms. The molecule has 18 heavy (non-hydrogen) atoms. The summed E-state index contributed by atoms with van der Waals surface area (Å²) >= 11 is 1.75. The number of hydrogen-bond acceptors (Lipinski definition) is 3. The standard InChI is InChI=1S/C14H23NO2S/c16-11-3-6-14(4-1-2-5-14)12(9-11)15-7-8-18-10-13(15)17/h11-12,16H,1-10H2. The number of hydrogen-bond donors (Lipinski definition) is 1. The van der Waals surface area contributed by atoms with Crippen LogP contribution in [-0.2, 0) is 4.79 Å². The molecule has 1 amide bonds. The van der Waals surface area contributed by atoms with E-state index in [1.54, 1.807) is 11.8 Å². The summed E-state index contributed by atoms with van der Waals surface area (Å²) in [6.45, 7) is 0.892. The molecule has 3 fully saturated rings. The number of aliphatic hydroxyl groups is 1. The summed E-state index contributed by atoms with van der Waals surface area (Å²) in [5.74, 6) is 2.01. The largest absolute Gasteiger partial charge is 0.393 e. The van der Waals surface area contributed by atoms with Crippen molar-refractivity contribution in [2.24, 2.45) is 5.41 Å². The second-order valence-corrected chi connectivity index (χ2v) is 7.26. The van der Waals surface area contributed by atoms with E-state index in [0.29, 0.717) is 23.1 Å². The van der Waals surface area contributed by atoms with E-state index in [4.69, 9.17) is 0 Å². The van der Waals surface area contributed by atoms with Crippen molar-refractivity contribution >= 4 is 17.7 Å². The molecular formula is C14H23NO2S. The Bertz CT molecular complexity index is 328. The molecule has 1 heterocycles. The SMILES string of the molecule is O=C1CSCCN1C1CC(O)CCC12CCCC2. The van der Waals surface area contributed by atoms with Gasteiger partial charge in [0.25, 0.3) is 0 Å². The van der Waals surface area contributed by atoms with Crippen LogP contribution in [-0.4, -0.2) is 46.1 Å². The maximum Gasteiger partial charge on any atom is 0.232 e. The Morgan fingerprint density at radius 1 is 1.28 bits per heavy atom. The van der Waals surface area contributed by atoms with Gasteiger partial charge in [-0.25, -0.2) is 0 Å². The maximum atomic E-state index is 12.2. The minimum atomic E-state index is -0.191. The second kappa shape index (κ2) is 5.04. The Morgan fingerprint density at radius 3 is 2.78 bits per heavy atom. The average molecular weight is 269 g/mol. The molecule has 3 nitrogen and oxygen atoms in total. The zero-order valence-electron chi connectivity index (χ0n) is 10.9. The summed E-state index contributed by atoms with van der Waals surface area (Å²) < 4.78 is 0. The molecule has 1 spiro atoms. The summed E-state index contributed by atoms with van der Waals surface area (Å²) in [6.07, 6.45) is 7.83. The first-order valence-corrected chi connectivity index (χ1v) is 8.42. The van der Waals surface area contributed by atoms with Crippen molar-refractivity contribution in [2.75, 3.05) is 18.1 Å². The Hall–Kier alpha value is -0.220. The van der Waals surface area contributed by atoms with Gasteiger partial charge in [0.1, 0.15) is 0 Å². The van der Waals surface area contributed by atoms with E-state index in [1.807, 2.05) is 0 Å². The third-order valence-electron chi connectivity index (χ3n) is 5.18. The molecule has 2 saturated carbocycles. The van der Waals surface area contributed by atoms with Gasteiger partial charge in [-0.2, -0.15) is 11.8 Å². The lowest BCUT2D eigenvalue weighted by Crippen LogP contribution is -2.56. The molecule has 1 aliphatic heterocycles. The molecule has 2 aliphatic carbocycles. The minimum Gasteiger partial charge on any atom is -0.393 e. The quantitative estimate of drug-likeness (QED) is 0.792. The zero-order chi connectivity index (χ0) is 12.6. The Balaban J connectivity index is 1.82. The molecule has 1 saturated heterocycles. The van der Waals surface area contributed by atoms with Crippen LogP contribution in [0.1, 0.15) is 44.9 Å². The van der Waals surface area contributed by atoms with Crippen LogP contribution in [0.25, 0.3) is 0 Å². The van der Waals surface area contributed by atoms with Gasteiger partial charge in [0.05, 0.1) is 11.9 Å². The smallest absolute Gasteiger partial charge is 0.232 e. The van der Waals surface area contributed by atoms with Crippen molar-refractivity contribution in [3.8, 4) is 0 Å². The van der Waals surface area contributed by atoms with E-state index in [0.717, 1.165) is 31.6 Å². The molecule has 3 rings (SSSR count). The van der Waals surface area contributed by atoms with Crippen molar-refractivity contribution < 1.29 is 9.90 Å². The first kappa shape index (κ1) is 12.8. The van der Waals surface area contributed by atoms with Gasteiger partial charge in [-0.1, -0.05) is 12.8 Å². The fraction of sp³-hybridized carbons (Fsp3) is 0.929. The lowest BCUT2D eigenvalue weighted by Gasteiger charge is -2.49. The van der Waals surface area contributed by atoms with Gasteiger partial charge in [0.2, 0.25) is 5.91 Å². The summed E-state index contributed by atoms with van der Waals surface area (Å²) in [5.41, 5.74) is 0.344. The van der Waals surface area contributed by atoms with Gasteiger partial charge in [-0.05, 0) is 37.5 Å². The lowest BCUT2D eigenvalue weighted by atomic mass is 9.67. The van der Waals surface area contributed by atoms with Crippen LogP contribution < -0.4 is 0 Å². The van der Waals surface area contributed by atoms with Crippen LogP contribution in [0, 0.1) is 5.41 Å². The number of aliphatic hydroxyl groups excluding tert-OH is 1. The van der Waals surface area contributed by atoms with E-state index in [9.17, 15) is 9.90 Å². The lowest BCUT2D eigenvalue weighted by molar-refractivity contribution is -0.137. The van der Waals surface area contributed by atoms with Gasteiger partial charge in [-0.3, -0.25) is 4.79 Å². The Labute approximate surface area is 113 Å². The van der Waals surface area contributed by atoms with Gasteiger partial charge >= 0.3 is 0 Å². The van der Waals surface area contributed by atoms with Crippen molar-refractivity contribution in [3.63, 3.8) is 0 Å². The van der Waals surface area contributed by atoms with Crippen LogP contribution in [0.4, 0.5) is 0 Å². The third kappa shape index (κ3) is 2.18. The summed E-state index contributed by atoms with van der Waals surface area (Å²) in [6, 6.07) is 0.317. The predicted octanol–water partition coefficient (Wildman–Crippen LogP) is 2.04. The highest BCUT2D eigenvalue weighted by Crippen LogP contribution is 2.51.